The molecule has 1 unspecified atom stereocenters. The van der Waals surface area contributed by atoms with Crippen LogP contribution in [0.3, 0.4) is 0 Å². The third-order valence-corrected chi connectivity index (χ3v) is 7.15. The first kappa shape index (κ1) is 28.9. The van der Waals surface area contributed by atoms with E-state index in [1.165, 1.54) is 0 Å². The molecule has 6 aromatic rings. The Morgan fingerprint density at radius 2 is 1.30 bits per heavy atom. The average Bonchev–Trinajstić information content (AvgIpc) is 3.07. The molecule has 0 fully saturated rings. The van der Waals surface area contributed by atoms with Gasteiger partial charge in [0.1, 0.15) is 41.7 Å². The lowest BCUT2D eigenvalue weighted by Crippen LogP contribution is -1.93. The summed E-state index contributed by atoms with van der Waals surface area (Å²) in [5.74, 6) is 3.52. The quantitative estimate of drug-likeness (QED) is 0.128. The molecule has 0 aliphatic heterocycles. The van der Waals surface area contributed by atoms with E-state index in [4.69, 9.17) is 28.0 Å². The Morgan fingerprint density at radius 1 is 0.659 bits per heavy atom. The highest BCUT2D eigenvalue weighted by Gasteiger charge is 2.21. The Kier molecular flexibility index (Phi) is 8.79. The number of hydrogen-bond donors (Lipinski definition) is 0. The lowest BCUT2D eigenvalue weighted by Gasteiger charge is -2.09. The first-order chi connectivity index (χ1) is 21.6. The highest BCUT2D eigenvalue weighted by molar-refractivity contribution is 7.33. The van der Waals surface area contributed by atoms with Crippen LogP contribution >= 0.6 is 8.25 Å². The van der Waals surface area contributed by atoms with Gasteiger partial charge in [-0.2, -0.15) is 4.98 Å². The van der Waals surface area contributed by atoms with Gasteiger partial charge in [0.2, 0.25) is 5.88 Å². The summed E-state index contributed by atoms with van der Waals surface area (Å²) in [7, 11) is 0.801. The van der Waals surface area contributed by atoms with Gasteiger partial charge in [-0.15, -0.1) is 9.05 Å². The smallest absolute Gasteiger partial charge is 0.495 e. The number of hydrogen-bond acceptors (Lipinski definition) is 11. The highest BCUT2D eigenvalue weighted by Crippen LogP contribution is 2.32. The number of methoxy groups -OCH3 is 2. The molecule has 44 heavy (non-hydrogen) atoms. The van der Waals surface area contributed by atoms with E-state index in [1.807, 2.05) is 30.3 Å². The first-order valence-electron chi connectivity index (χ1n) is 13.4. The molecule has 0 saturated carbocycles. The van der Waals surface area contributed by atoms with Crippen molar-refractivity contribution in [1.82, 2.24) is 19.9 Å². The number of nitrogens with zero attached hydrogens (tertiary/aromatic N) is 4. The minimum Gasteiger partial charge on any atom is -0.495 e. The van der Waals surface area contributed by atoms with Gasteiger partial charge in [0, 0.05) is 35.2 Å². The van der Waals surface area contributed by atoms with Crippen molar-refractivity contribution < 1.29 is 32.6 Å². The molecular weight excluding hydrogens is 583 g/mol. The monoisotopic (exact) mass is 609 g/mol. The first-order valence-corrected chi connectivity index (χ1v) is 14.5. The van der Waals surface area contributed by atoms with E-state index in [9.17, 15) is 4.57 Å². The topological polar surface area (TPSA) is 124 Å². The number of ether oxygens (including phenoxy) is 4. The van der Waals surface area contributed by atoms with Gasteiger partial charge in [0.25, 0.3) is 0 Å². The molecule has 0 saturated heterocycles. The molecule has 0 N–H and O–H groups in total. The zero-order valence-corrected chi connectivity index (χ0v) is 24.6. The molecule has 6 rings (SSSR count). The third-order valence-electron chi connectivity index (χ3n) is 6.47. The molecule has 220 valence electrons. The Bertz CT molecular complexity index is 1780. The van der Waals surface area contributed by atoms with Crippen molar-refractivity contribution in [2.75, 3.05) is 14.2 Å². The molecule has 0 bridgehead atoms. The van der Waals surface area contributed by atoms with Crippen molar-refractivity contribution in [2.24, 2.45) is 0 Å². The van der Waals surface area contributed by atoms with E-state index in [-0.39, 0.29) is 13.2 Å². The minimum atomic E-state index is -2.33. The van der Waals surface area contributed by atoms with Crippen LogP contribution in [0, 0.1) is 0 Å². The van der Waals surface area contributed by atoms with Gasteiger partial charge in [-0.1, -0.05) is 24.3 Å². The van der Waals surface area contributed by atoms with E-state index in [0.29, 0.717) is 51.3 Å². The maximum absolute atomic E-state index is 12.4. The molecule has 0 radical (unpaired) electrons. The summed E-state index contributed by atoms with van der Waals surface area (Å²) >= 11 is 0. The molecule has 2 aromatic carbocycles. The molecule has 0 spiro atoms. The van der Waals surface area contributed by atoms with Gasteiger partial charge in [-0.25, -0.2) is 9.97 Å². The number of aromatic nitrogens is 4. The fourth-order valence-electron chi connectivity index (χ4n) is 4.22. The average molecular weight is 610 g/mol. The maximum Gasteiger partial charge on any atom is 0.698 e. The van der Waals surface area contributed by atoms with Crippen molar-refractivity contribution in [2.45, 2.75) is 13.2 Å². The Morgan fingerprint density at radius 3 is 1.95 bits per heavy atom. The summed E-state index contributed by atoms with van der Waals surface area (Å²) < 4.78 is 45.6. The SMILES string of the molecule is COc1cnc2c(Oc3ccc(CO[P+](=O)OCc4ccc(Oc5ccnc6nc(OC)ccc56)cc4)cc3)ccnc2c1. The van der Waals surface area contributed by atoms with Crippen LogP contribution in [0.2, 0.25) is 0 Å². The Balaban J connectivity index is 0.983. The van der Waals surface area contributed by atoms with Crippen molar-refractivity contribution in [3.8, 4) is 34.6 Å². The second-order valence-electron chi connectivity index (χ2n) is 9.35. The predicted octanol–water partition coefficient (Wildman–Crippen LogP) is 7.57. The van der Waals surface area contributed by atoms with Gasteiger partial charge >= 0.3 is 8.25 Å². The van der Waals surface area contributed by atoms with E-state index >= 15 is 0 Å². The van der Waals surface area contributed by atoms with Crippen LogP contribution in [0.5, 0.6) is 34.6 Å². The van der Waals surface area contributed by atoms with E-state index in [0.717, 1.165) is 16.5 Å². The van der Waals surface area contributed by atoms with Crippen LogP contribution in [0.1, 0.15) is 11.1 Å². The van der Waals surface area contributed by atoms with E-state index in [2.05, 4.69) is 19.9 Å². The molecule has 4 heterocycles. The van der Waals surface area contributed by atoms with Crippen molar-refractivity contribution in [3.63, 3.8) is 0 Å². The molecule has 12 heteroatoms. The van der Waals surface area contributed by atoms with Crippen LogP contribution in [0.15, 0.2) is 97.5 Å². The van der Waals surface area contributed by atoms with E-state index < -0.39 is 8.25 Å². The van der Waals surface area contributed by atoms with Gasteiger partial charge in [0.15, 0.2) is 11.4 Å². The number of rotatable bonds is 12. The Labute approximate surface area is 253 Å². The standard InChI is InChI=1S/C32H26N4O7P/c1-38-25-17-27-31(35-18-25)29(14-15-33-27)43-24-9-5-22(6-10-24)20-41-44(37)40-19-21-3-7-23(8-4-21)42-28-13-16-34-32-26(28)11-12-30(36-32)39-2/h3-18H,19-20H2,1-2H3/q+1. The molecular formula is C32H26N4O7P+. The summed E-state index contributed by atoms with van der Waals surface area (Å²) in [6.07, 6.45) is 4.90. The fourth-order valence-corrected chi connectivity index (χ4v) is 4.81. The highest BCUT2D eigenvalue weighted by atomic mass is 31.1. The van der Waals surface area contributed by atoms with Crippen molar-refractivity contribution in [3.05, 3.63) is 109 Å². The summed E-state index contributed by atoms with van der Waals surface area (Å²) in [6, 6.07) is 23.5. The molecule has 0 aliphatic carbocycles. The zero-order valence-electron chi connectivity index (χ0n) is 23.7. The summed E-state index contributed by atoms with van der Waals surface area (Å²) in [5.41, 5.74) is 3.44. The van der Waals surface area contributed by atoms with Gasteiger partial charge in [-0.3, -0.25) is 4.98 Å². The molecule has 0 amide bonds. The molecule has 4 aromatic heterocycles. The summed E-state index contributed by atoms with van der Waals surface area (Å²) in [5, 5.41) is 0.762. The lowest BCUT2D eigenvalue weighted by atomic mass is 10.2. The maximum atomic E-state index is 12.4. The van der Waals surface area contributed by atoms with Crippen LogP contribution in [-0.2, 0) is 26.8 Å². The predicted molar refractivity (Wildman–Crippen MR) is 162 cm³/mol. The van der Waals surface area contributed by atoms with Gasteiger partial charge in [-0.05, 0) is 47.5 Å². The number of pyridine rings is 4. The van der Waals surface area contributed by atoms with Gasteiger partial charge in [0.05, 0.1) is 31.3 Å². The normalized spacial score (nSPS) is 11.4. The molecule has 1 atom stereocenters. The minimum absolute atomic E-state index is 0.114. The fraction of sp³-hybridized carbons (Fsp3) is 0.125. The van der Waals surface area contributed by atoms with Crippen LogP contribution in [0.25, 0.3) is 22.1 Å². The lowest BCUT2D eigenvalue weighted by molar-refractivity contribution is 0.213. The summed E-state index contributed by atoms with van der Waals surface area (Å²) in [6.45, 7) is 0.229. The van der Waals surface area contributed by atoms with Crippen molar-refractivity contribution in [1.29, 1.82) is 0 Å². The van der Waals surface area contributed by atoms with Crippen LogP contribution in [-0.4, -0.2) is 34.2 Å². The number of fused-ring (bicyclic) bond motifs is 2. The van der Waals surface area contributed by atoms with Crippen molar-refractivity contribution >= 4 is 30.3 Å². The number of benzene rings is 2. The Hall–Kier alpha value is -5.22. The van der Waals surface area contributed by atoms with Gasteiger partial charge < -0.3 is 18.9 Å². The van der Waals surface area contributed by atoms with E-state index in [1.54, 1.807) is 81.3 Å². The zero-order chi connectivity index (χ0) is 30.3. The summed E-state index contributed by atoms with van der Waals surface area (Å²) in [4.78, 5) is 17.3. The third kappa shape index (κ3) is 6.87. The largest absolute Gasteiger partial charge is 0.698 e. The second-order valence-corrected chi connectivity index (χ2v) is 10.3. The van der Waals surface area contributed by atoms with Crippen LogP contribution in [0.4, 0.5) is 0 Å². The van der Waals surface area contributed by atoms with Crippen LogP contribution < -0.4 is 18.9 Å². The second kappa shape index (κ2) is 13.4. The molecule has 11 nitrogen and oxygen atoms in total. The molecule has 0 aliphatic rings.